The van der Waals surface area contributed by atoms with Gasteiger partial charge >= 0.3 is 0 Å². The molecule has 10 heteroatoms. The Labute approximate surface area is 167 Å². The van der Waals surface area contributed by atoms with Crippen molar-refractivity contribution in [1.29, 1.82) is 5.26 Å². The number of nitrogens with one attached hydrogen (secondary N) is 1. The molecule has 9 nitrogen and oxygen atoms in total. The van der Waals surface area contributed by atoms with Crippen LogP contribution in [0.15, 0.2) is 43.1 Å². The maximum absolute atomic E-state index is 9.18. The van der Waals surface area contributed by atoms with Crippen LogP contribution in [0.3, 0.4) is 0 Å². The lowest BCUT2D eigenvalue weighted by molar-refractivity contribution is 0.161. The van der Waals surface area contributed by atoms with E-state index in [1.807, 2.05) is 46.9 Å². The Morgan fingerprint density at radius 1 is 1.29 bits per heavy atom. The van der Waals surface area contributed by atoms with E-state index in [1.54, 1.807) is 17.1 Å². The Balaban J connectivity index is 0.00000192. The highest BCUT2D eigenvalue weighted by atomic mass is 35.5. The van der Waals surface area contributed by atoms with Crippen molar-refractivity contribution in [2.75, 3.05) is 13.1 Å². The number of halogens is 1. The van der Waals surface area contributed by atoms with Crippen LogP contribution < -0.4 is 5.32 Å². The van der Waals surface area contributed by atoms with E-state index in [-0.39, 0.29) is 17.9 Å². The monoisotopic (exact) mass is 395 g/mol. The van der Waals surface area contributed by atoms with Gasteiger partial charge in [-0.3, -0.25) is 13.8 Å². The predicted octanol–water partition coefficient (Wildman–Crippen LogP) is 1.63. The van der Waals surface area contributed by atoms with Gasteiger partial charge in [-0.1, -0.05) is 0 Å². The Morgan fingerprint density at radius 2 is 2.14 bits per heavy atom. The third-order valence-corrected chi connectivity index (χ3v) is 5.01. The van der Waals surface area contributed by atoms with Crippen LogP contribution in [0, 0.1) is 11.3 Å². The first-order valence-corrected chi connectivity index (χ1v) is 8.66. The van der Waals surface area contributed by atoms with Crippen molar-refractivity contribution in [3.63, 3.8) is 0 Å². The van der Waals surface area contributed by atoms with Gasteiger partial charge in [-0.25, -0.2) is 9.97 Å². The second kappa shape index (κ2) is 6.74. The second-order valence-corrected chi connectivity index (χ2v) is 6.83. The minimum atomic E-state index is -0.276. The summed E-state index contributed by atoms with van der Waals surface area (Å²) in [4.78, 5) is 9.24. The van der Waals surface area contributed by atoms with Crippen LogP contribution in [0.25, 0.3) is 28.4 Å². The van der Waals surface area contributed by atoms with Crippen molar-refractivity contribution in [1.82, 2.24) is 39.2 Å². The van der Waals surface area contributed by atoms with Crippen LogP contribution in [0.4, 0.5) is 0 Å². The number of nitriles is 1. The van der Waals surface area contributed by atoms with Gasteiger partial charge in [-0.15, -0.1) is 12.4 Å². The van der Waals surface area contributed by atoms with Crippen LogP contribution >= 0.6 is 12.4 Å². The Hall–Kier alpha value is -3.22. The van der Waals surface area contributed by atoms with Crippen LogP contribution in [0.5, 0.6) is 0 Å². The van der Waals surface area contributed by atoms with Gasteiger partial charge in [0.1, 0.15) is 16.9 Å². The molecule has 0 atom stereocenters. The van der Waals surface area contributed by atoms with E-state index in [4.69, 9.17) is 10.1 Å². The molecule has 1 N–H and O–H groups in total. The molecule has 5 heterocycles. The van der Waals surface area contributed by atoms with Crippen molar-refractivity contribution in [2.24, 2.45) is 7.05 Å². The van der Waals surface area contributed by atoms with Gasteiger partial charge in [0.25, 0.3) is 0 Å². The van der Waals surface area contributed by atoms with E-state index >= 15 is 0 Å². The molecule has 4 aromatic rings. The second-order valence-electron chi connectivity index (χ2n) is 6.83. The van der Waals surface area contributed by atoms with E-state index in [2.05, 4.69) is 21.5 Å². The minimum Gasteiger partial charge on any atom is -0.312 e. The highest BCUT2D eigenvalue weighted by Crippen LogP contribution is 2.28. The summed E-state index contributed by atoms with van der Waals surface area (Å²) in [6.45, 7) is 1.48. The Bertz CT molecular complexity index is 1180. The van der Waals surface area contributed by atoms with Crippen molar-refractivity contribution in [3.05, 3.63) is 43.1 Å². The third-order valence-electron chi connectivity index (χ3n) is 5.01. The zero-order valence-electron chi connectivity index (χ0n) is 15.1. The number of aromatic nitrogens is 7. The minimum absolute atomic E-state index is 0. The zero-order valence-corrected chi connectivity index (χ0v) is 16.0. The highest BCUT2D eigenvalue weighted by molar-refractivity contribution is 5.85. The van der Waals surface area contributed by atoms with Gasteiger partial charge in [0.15, 0.2) is 5.82 Å². The summed E-state index contributed by atoms with van der Waals surface area (Å²) in [5.74, 6) is 0.710. The normalized spacial score (nSPS) is 15.0. The van der Waals surface area contributed by atoms with Gasteiger partial charge in [0.05, 0.1) is 24.4 Å². The SMILES string of the molecule is Cl.Cn1cc(-c2cc3nccn3c(-c3ccn(C4(CC#N)CNC4)n3)n2)cn1. The van der Waals surface area contributed by atoms with E-state index in [9.17, 15) is 5.26 Å². The number of aryl methyl sites for hydroxylation is 1. The number of hydrogen-bond donors (Lipinski definition) is 1. The molecule has 4 aromatic heterocycles. The highest BCUT2D eigenvalue weighted by Gasteiger charge is 2.39. The van der Waals surface area contributed by atoms with Crippen molar-refractivity contribution >= 4 is 18.1 Å². The average Bonchev–Trinajstić information content (AvgIpc) is 3.37. The molecule has 0 amide bonds. The zero-order chi connectivity index (χ0) is 18.4. The number of imidazole rings is 1. The summed E-state index contributed by atoms with van der Waals surface area (Å²) in [6.07, 6.45) is 9.68. The summed E-state index contributed by atoms with van der Waals surface area (Å²) < 4.78 is 5.56. The molecule has 0 bridgehead atoms. The van der Waals surface area contributed by atoms with E-state index in [1.165, 1.54) is 0 Å². The first kappa shape index (κ1) is 18.2. The van der Waals surface area contributed by atoms with Crippen molar-refractivity contribution in [3.8, 4) is 28.8 Å². The fraction of sp³-hybridized carbons (Fsp3) is 0.278. The Morgan fingerprint density at radius 3 is 2.82 bits per heavy atom. The fourth-order valence-electron chi connectivity index (χ4n) is 3.44. The lowest BCUT2D eigenvalue weighted by atomic mass is 9.89. The van der Waals surface area contributed by atoms with Gasteiger partial charge in [-0.05, 0) is 6.07 Å². The lowest BCUT2D eigenvalue weighted by Gasteiger charge is -2.41. The Kier molecular flexibility index (Phi) is 4.37. The van der Waals surface area contributed by atoms with Crippen LogP contribution in [0.2, 0.25) is 0 Å². The number of nitrogens with zero attached hydrogens (tertiary/aromatic N) is 8. The van der Waals surface area contributed by atoms with Crippen LogP contribution in [0.1, 0.15) is 6.42 Å². The molecule has 1 saturated heterocycles. The first-order chi connectivity index (χ1) is 13.2. The molecule has 142 valence electrons. The molecule has 0 unspecified atom stereocenters. The lowest BCUT2D eigenvalue weighted by Crippen LogP contribution is -2.60. The standard InChI is InChI=1S/C18H17N9.ClH/c1-25-10-13(9-22-25)15-8-16-21-5-7-26(16)17(23-15)14-2-6-27(24-14)18(3-4-19)11-20-12-18;/h2,5-10,20H,3,11-12H2,1H3;1H. The molecule has 1 fully saturated rings. The molecule has 0 saturated carbocycles. The number of rotatable bonds is 4. The number of hydrogen-bond acceptors (Lipinski definition) is 6. The van der Waals surface area contributed by atoms with E-state index < -0.39 is 0 Å². The largest absolute Gasteiger partial charge is 0.312 e. The number of fused-ring (bicyclic) bond motifs is 1. The molecule has 1 aliphatic rings. The predicted molar refractivity (Wildman–Crippen MR) is 105 cm³/mol. The molecule has 0 spiro atoms. The topological polar surface area (TPSA) is 102 Å². The summed E-state index contributed by atoms with van der Waals surface area (Å²) in [7, 11) is 1.88. The van der Waals surface area contributed by atoms with E-state index in [0.717, 1.165) is 35.7 Å². The van der Waals surface area contributed by atoms with Crippen molar-refractivity contribution in [2.45, 2.75) is 12.0 Å². The molecule has 1 aliphatic heterocycles. The maximum atomic E-state index is 9.18. The average molecular weight is 396 g/mol. The molecule has 5 rings (SSSR count). The summed E-state index contributed by atoms with van der Waals surface area (Å²) in [5.41, 5.74) is 2.98. The summed E-state index contributed by atoms with van der Waals surface area (Å²) >= 11 is 0. The summed E-state index contributed by atoms with van der Waals surface area (Å²) in [5, 5.41) is 21.4. The summed E-state index contributed by atoms with van der Waals surface area (Å²) in [6, 6.07) is 6.15. The molecular formula is C18H18ClN9. The maximum Gasteiger partial charge on any atom is 0.166 e. The quantitative estimate of drug-likeness (QED) is 0.563. The van der Waals surface area contributed by atoms with Gasteiger partial charge in [-0.2, -0.15) is 15.5 Å². The molecule has 0 aliphatic carbocycles. The van der Waals surface area contributed by atoms with E-state index in [0.29, 0.717) is 12.2 Å². The molecule has 28 heavy (non-hydrogen) atoms. The van der Waals surface area contributed by atoms with Crippen LogP contribution in [-0.2, 0) is 12.6 Å². The fourth-order valence-corrected chi connectivity index (χ4v) is 3.44. The first-order valence-electron chi connectivity index (χ1n) is 8.66. The van der Waals surface area contributed by atoms with Crippen molar-refractivity contribution < 1.29 is 0 Å². The molecule has 0 aromatic carbocycles. The third kappa shape index (κ3) is 2.74. The van der Waals surface area contributed by atoms with Gasteiger partial charge in [0.2, 0.25) is 0 Å². The molecule has 0 radical (unpaired) electrons. The molecular weight excluding hydrogens is 378 g/mol. The van der Waals surface area contributed by atoms with Gasteiger partial charge in [0, 0.05) is 56.6 Å². The smallest absolute Gasteiger partial charge is 0.166 e. The van der Waals surface area contributed by atoms with Gasteiger partial charge < -0.3 is 5.32 Å². The van der Waals surface area contributed by atoms with Crippen LogP contribution in [-0.4, -0.2) is 47.0 Å².